The standard InChI is InChI=1S/C21H23F3N6O2.C16H15F3N6.C12H6ClF3N4.C9H18N2O2.C8H9ClN2O.C6H5F3N2.C4H7BrO.C4H2Cl2N2.CH4O.CH4.BHNS/c1-20(2,3)32-19(31)29-7-6-14(12-29)27-17-10-25-8-15(28-17)16-9-26-18-5-4-13(11-30(16)18)21(22,23)24;17-16(18,19)10-1-2-15-22-7-13(25(15)9-10)12-6-21-8-14(24-12)23-11-3-4-20-5-11;13-10-5-17-3-8(19-10)9-4-18-11-2-1-7(6-20(9)11)12(14,15)16;1-9(2,3)13-8(12)11-5-4-7(10)6-11;1-2-12-4-3-7-5-10-6-8(9)11-7;7-6(8,9)4-1-2-5(10)11-3-4;1-2-6-4-3-5;5-3-4(6)8-2-1-7-3;1-2;;1-2-3/h4-5,8-11,14H,6-7,12H2,1-3H3,(H,27,28);1-2,6-9,11,20H,3-5H2,(H,23,24);1-6H;7H,4-6,10H2,1-3H3;3-6H,2H2,1H3;1-3H,(H2,10,11);3-4H,2H2,1H3;1-2H;2H,1H3;1H4;3H/b;;;;4-3-;;4-3-;;;;/t14-;11-;;7-;;;;;;;/m11.1......./s1. The zero-order chi connectivity index (χ0) is 97.7. The summed E-state index contributed by atoms with van der Waals surface area (Å²) < 4.78 is 179. The molecule has 717 valence electrons. The number of imidazole rings is 3. The van der Waals surface area contributed by atoms with Gasteiger partial charge in [0.2, 0.25) is 0 Å². The second kappa shape index (κ2) is 53.4. The Labute approximate surface area is 791 Å². The van der Waals surface area contributed by atoms with Crippen molar-refractivity contribution in [2.45, 2.75) is 136 Å². The van der Waals surface area contributed by atoms with Crippen LogP contribution in [0.4, 0.5) is 79.7 Å². The van der Waals surface area contributed by atoms with Gasteiger partial charge < -0.3 is 61.3 Å². The van der Waals surface area contributed by atoms with Crippen molar-refractivity contribution in [3.05, 3.63) is 220 Å². The molecule has 0 aromatic carbocycles. The van der Waals surface area contributed by atoms with E-state index >= 15 is 0 Å². The SMILES string of the molecule is C.CC(C)(C)OC(=O)N1CC[C@@H](N)C1.CC(C)(C)OC(=O)N1CC[C@@H](Nc2cncc(-c3cnc4ccc(C(F)(F)F)cn34)n2)C1.CCO/C=C\Br.CCO/C=C\c1cncc(Cl)n1.CO.Clc1nccnc1Cl.FC(F)(F)c1ccc2ncc(-c3cncc(Cl)n3)n2c1.FC(F)(F)c1ccc2ncc(-c3cncc(N[C@@H]4CCNC4)n3)n2c1.Nc1ccc(C(F)(F)F)cn1.[B]=NS. The number of nitrogens with zero attached hydrogens (tertiary/aromatic N) is 20. The molecule has 12 aromatic rings. The number of carbonyl (C=O) groups is 2. The molecule has 0 unspecified atom stereocenters. The quantitative estimate of drug-likeness (QED) is 0.0258. The molecule has 3 aliphatic rings. The number of carbonyl (C=O) groups excluding carboxylic acids is 2. The molecule has 2 amide bonds. The molecule has 0 saturated carbocycles. The molecule has 1 radical (unpaired) electrons. The monoisotopic (exact) mass is 2030 g/mol. The number of hydrogen-bond acceptors (Lipinski definition) is 28. The number of aromatic nitrogens is 17. The van der Waals surface area contributed by atoms with Crippen LogP contribution < -0.4 is 27.4 Å². The first kappa shape index (κ1) is 112. The van der Waals surface area contributed by atoms with E-state index in [1.165, 1.54) is 99.6 Å². The van der Waals surface area contributed by atoms with E-state index in [9.17, 15) is 62.3 Å². The van der Waals surface area contributed by atoms with Gasteiger partial charge in [0.25, 0.3) is 0 Å². The third-order valence-electron chi connectivity index (χ3n) is 16.8. The molecule has 8 N–H and O–H groups in total. The van der Waals surface area contributed by atoms with Crippen LogP contribution in [0.15, 0.2) is 176 Å². The summed E-state index contributed by atoms with van der Waals surface area (Å²) in [4.78, 5) is 84.6. The van der Waals surface area contributed by atoms with Crippen LogP contribution in [0.2, 0.25) is 20.6 Å². The summed E-state index contributed by atoms with van der Waals surface area (Å²) >= 11 is 28.4. The summed E-state index contributed by atoms with van der Waals surface area (Å²) in [5, 5.41) is 17.8. The van der Waals surface area contributed by atoms with Crippen LogP contribution in [0.3, 0.4) is 0 Å². The van der Waals surface area contributed by atoms with Crippen molar-refractivity contribution in [1.29, 1.82) is 0 Å². The zero-order valence-corrected chi connectivity index (χ0v) is 77.2. The number of nitrogen functional groups attached to an aromatic ring is 1. The maximum absolute atomic E-state index is 13.1. The fourth-order valence-electron chi connectivity index (χ4n) is 11.1. The number of aliphatic hydroxyl groups excluding tert-OH is 1. The summed E-state index contributed by atoms with van der Waals surface area (Å²) in [6.45, 7) is 20.4. The van der Waals surface area contributed by atoms with Gasteiger partial charge >= 0.3 is 61.6 Å². The Bertz CT molecular complexity index is 5660. The van der Waals surface area contributed by atoms with Gasteiger partial charge in [-0.05, 0) is 136 Å². The van der Waals surface area contributed by atoms with Gasteiger partial charge in [0.15, 0.2) is 10.3 Å². The van der Waals surface area contributed by atoms with Crippen molar-refractivity contribution in [3.63, 3.8) is 0 Å². The second-order valence-electron chi connectivity index (χ2n) is 29.0. The van der Waals surface area contributed by atoms with Gasteiger partial charge in [0, 0.05) is 100 Å². The summed E-state index contributed by atoms with van der Waals surface area (Å²) in [5.74, 6) is 1.13. The molecular formula is C82H94BBrCl4F12N25O7S. The van der Waals surface area contributed by atoms with E-state index in [2.05, 4.69) is 126 Å². The van der Waals surface area contributed by atoms with E-state index < -0.39 is 58.2 Å². The topological polar surface area (TPSA) is 392 Å². The summed E-state index contributed by atoms with van der Waals surface area (Å²) in [7, 11) is 5.34. The zero-order valence-electron chi connectivity index (χ0n) is 71.7. The fourth-order valence-corrected chi connectivity index (χ4v) is 11.8. The Hall–Kier alpha value is -11.5. The summed E-state index contributed by atoms with van der Waals surface area (Å²) in [5.41, 5.74) is 11.0. The van der Waals surface area contributed by atoms with Crippen LogP contribution >= 0.6 is 75.1 Å². The number of pyridine rings is 4. The van der Waals surface area contributed by atoms with Crippen molar-refractivity contribution in [3.8, 4) is 34.2 Å². The number of rotatable bonds is 12. The minimum atomic E-state index is -4.46. The van der Waals surface area contributed by atoms with Crippen molar-refractivity contribution >= 4 is 135 Å². The number of hydrogen-bond donors (Lipinski definition) is 7. The number of alkyl halides is 12. The number of halogens is 17. The molecule has 3 atom stereocenters. The van der Waals surface area contributed by atoms with E-state index in [1.807, 2.05) is 55.4 Å². The van der Waals surface area contributed by atoms with Gasteiger partial charge in [-0.25, -0.2) is 59.4 Å². The van der Waals surface area contributed by atoms with Crippen LogP contribution in [-0.4, -0.2) is 207 Å². The molecule has 32 nitrogen and oxygen atoms in total. The van der Waals surface area contributed by atoms with E-state index in [0.29, 0.717) is 112 Å². The number of nitrogens with two attached hydrogens (primary N) is 2. The van der Waals surface area contributed by atoms with Crippen LogP contribution in [0, 0.1) is 0 Å². The number of aliphatic hydroxyl groups is 1. The number of fused-ring (bicyclic) bond motifs is 3. The van der Waals surface area contributed by atoms with Crippen molar-refractivity contribution in [2.75, 3.05) is 76.0 Å². The predicted octanol–water partition coefficient (Wildman–Crippen LogP) is 19.2. The average molecular weight is 2030 g/mol. The number of anilines is 3. The van der Waals surface area contributed by atoms with Gasteiger partial charge in [-0.3, -0.25) is 33.1 Å². The number of nitrogens with one attached hydrogen (secondary N) is 3. The van der Waals surface area contributed by atoms with Gasteiger partial charge in [0.1, 0.15) is 73.0 Å². The van der Waals surface area contributed by atoms with E-state index in [4.69, 9.17) is 81.9 Å². The predicted molar refractivity (Wildman–Crippen MR) is 489 cm³/mol. The van der Waals surface area contributed by atoms with E-state index in [-0.39, 0.29) is 59.0 Å². The number of likely N-dealkylation sites (tertiary alicyclic amines) is 2. The van der Waals surface area contributed by atoms with E-state index in [1.54, 1.807) is 45.8 Å². The molecule has 15 heterocycles. The van der Waals surface area contributed by atoms with Gasteiger partial charge in [0.05, 0.1) is 139 Å². The van der Waals surface area contributed by atoms with Crippen molar-refractivity contribution in [1.82, 2.24) is 98.1 Å². The number of amides is 2. The average Bonchev–Trinajstić information content (AvgIpc) is 1.66. The molecule has 3 saturated heterocycles. The van der Waals surface area contributed by atoms with Crippen LogP contribution in [0.25, 0.3) is 57.2 Å². The van der Waals surface area contributed by atoms with Crippen molar-refractivity contribution in [2.24, 2.45) is 10.0 Å². The third kappa shape index (κ3) is 38.2. The van der Waals surface area contributed by atoms with Gasteiger partial charge in [-0.2, -0.15) is 52.7 Å². The first-order valence-electron chi connectivity index (χ1n) is 39.0. The Morgan fingerprint density at radius 2 is 0.940 bits per heavy atom. The molecule has 3 aliphatic heterocycles. The van der Waals surface area contributed by atoms with Crippen LogP contribution in [0.1, 0.15) is 110 Å². The Morgan fingerprint density at radius 1 is 0.541 bits per heavy atom. The molecule has 133 heavy (non-hydrogen) atoms. The van der Waals surface area contributed by atoms with Crippen LogP contribution in [0.5, 0.6) is 0 Å². The molecular weight excluding hydrogens is 1940 g/mol. The Morgan fingerprint density at radius 3 is 1.30 bits per heavy atom. The molecule has 3 fully saturated rings. The Kier molecular flexibility index (Phi) is 45.0. The normalized spacial score (nSPS) is 14.6. The fraction of sp³-hybridized carbons (Fsp3) is 0.366. The molecule has 0 aliphatic carbocycles. The summed E-state index contributed by atoms with van der Waals surface area (Å²) in [6.07, 6.45) is 12.2. The molecule has 0 bridgehead atoms. The first-order valence-corrected chi connectivity index (χ1v) is 41.9. The number of ether oxygens (including phenoxy) is 4. The molecule has 12 aromatic heterocycles. The van der Waals surface area contributed by atoms with Gasteiger partial charge in [-0.1, -0.05) is 69.8 Å². The number of thiol groups is 1. The first-order chi connectivity index (χ1) is 62.3. The van der Waals surface area contributed by atoms with Crippen LogP contribution in [-0.2, 0) is 43.7 Å². The maximum atomic E-state index is 13.1. The second-order valence-corrected chi connectivity index (χ2v) is 31.2. The summed E-state index contributed by atoms with van der Waals surface area (Å²) in [6, 6.07) is 9.28. The Balaban J connectivity index is 0.000000280. The van der Waals surface area contributed by atoms with Crippen molar-refractivity contribution < 1.29 is 86.3 Å². The minimum absolute atomic E-state index is 0. The molecule has 51 heteroatoms. The molecule has 15 rings (SSSR count). The van der Waals surface area contributed by atoms with Gasteiger partial charge in [-0.15, -0.1) is 0 Å². The molecule has 0 spiro atoms. The third-order valence-corrected chi connectivity index (χ3v) is 18.0. The van der Waals surface area contributed by atoms with E-state index in [0.717, 1.165) is 95.1 Å².